The van der Waals surface area contributed by atoms with Crippen LogP contribution in [0.3, 0.4) is 0 Å². The zero-order chi connectivity index (χ0) is 19.9. The van der Waals surface area contributed by atoms with Gasteiger partial charge in [0, 0.05) is 18.2 Å². The number of hydrogen-bond donors (Lipinski definition) is 2. The molecule has 0 aliphatic carbocycles. The Morgan fingerprint density at radius 2 is 1.86 bits per heavy atom. The summed E-state index contributed by atoms with van der Waals surface area (Å²) < 4.78 is 19.2. The Hall–Kier alpha value is -3.19. The van der Waals surface area contributed by atoms with Crippen LogP contribution in [-0.4, -0.2) is 11.8 Å². The van der Waals surface area contributed by atoms with Crippen LogP contribution in [0.15, 0.2) is 81.5 Å². The van der Waals surface area contributed by atoms with Crippen molar-refractivity contribution in [2.75, 3.05) is 0 Å². The number of furan rings is 1. The van der Waals surface area contributed by atoms with Gasteiger partial charge in [0.25, 0.3) is 11.8 Å². The smallest absolute Gasteiger partial charge is 0.268 e. The lowest BCUT2D eigenvalue weighted by molar-refractivity contribution is -0.117. The summed E-state index contributed by atoms with van der Waals surface area (Å²) in [5.74, 6) is -0.962. The summed E-state index contributed by atoms with van der Waals surface area (Å²) in [6.07, 6.45) is 2.89. The SMILES string of the molecule is O=C(NCc1ccc(Br)c(F)c1)/C(=C/c1ccco1)NC(=O)c1ccccc1. The average molecular weight is 443 g/mol. The van der Waals surface area contributed by atoms with Crippen LogP contribution in [0.4, 0.5) is 4.39 Å². The van der Waals surface area contributed by atoms with Crippen LogP contribution in [0.1, 0.15) is 21.7 Å². The molecule has 0 aliphatic rings. The van der Waals surface area contributed by atoms with Crippen LogP contribution in [0, 0.1) is 5.82 Å². The molecule has 0 unspecified atom stereocenters. The molecule has 2 aromatic carbocycles. The van der Waals surface area contributed by atoms with E-state index < -0.39 is 17.6 Å². The van der Waals surface area contributed by atoms with E-state index >= 15 is 0 Å². The monoisotopic (exact) mass is 442 g/mol. The lowest BCUT2D eigenvalue weighted by Gasteiger charge is -2.11. The summed E-state index contributed by atoms with van der Waals surface area (Å²) >= 11 is 3.09. The van der Waals surface area contributed by atoms with E-state index in [1.165, 1.54) is 18.4 Å². The number of nitrogens with one attached hydrogen (secondary N) is 2. The van der Waals surface area contributed by atoms with Gasteiger partial charge in [-0.3, -0.25) is 9.59 Å². The van der Waals surface area contributed by atoms with Crippen LogP contribution < -0.4 is 10.6 Å². The van der Waals surface area contributed by atoms with Crippen LogP contribution in [0.5, 0.6) is 0 Å². The van der Waals surface area contributed by atoms with Crippen LogP contribution in [0.25, 0.3) is 6.08 Å². The Balaban J connectivity index is 1.75. The third kappa shape index (κ3) is 5.17. The largest absolute Gasteiger partial charge is 0.465 e. The molecule has 2 N–H and O–H groups in total. The number of halogens is 2. The van der Waals surface area contributed by atoms with E-state index in [4.69, 9.17) is 4.42 Å². The predicted molar refractivity (Wildman–Crippen MR) is 107 cm³/mol. The zero-order valence-electron chi connectivity index (χ0n) is 14.6. The molecule has 3 aromatic rings. The van der Waals surface area contributed by atoms with Crippen LogP contribution >= 0.6 is 15.9 Å². The minimum Gasteiger partial charge on any atom is -0.465 e. The lowest BCUT2D eigenvalue weighted by Crippen LogP contribution is -2.34. The molecule has 0 bridgehead atoms. The summed E-state index contributed by atoms with van der Waals surface area (Å²) in [6.45, 7) is 0.0970. The van der Waals surface area contributed by atoms with Gasteiger partial charge < -0.3 is 15.1 Å². The van der Waals surface area contributed by atoms with Crippen molar-refractivity contribution >= 4 is 33.8 Å². The standard InChI is InChI=1S/C21H16BrFN2O3/c22-17-9-8-14(11-18(17)23)13-24-21(27)19(12-16-7-4-10-28-16)25-20(26)15-5-2-1-3-6-15/h1-12H,13H2,(H,24,27)(H,25,26)/b19-12-. The van der Waals surface area contributed by atoms with Gasteiger partial charge in [-0.25, -0.2) is 4.39 Å². The van der Waals surface area contributed by atoms with Crippen LogP contribution in [-0.2, 0) is 11.3 Å². The molecular weight excluding hydrogens is 427 g/mol. The highest BCUT2D eigenvalue weighted by molar-refractivity contribution is 9.10. The Kier molecular flexibility index (Phi) is 6.39. The summed E-state index contributed by atoms with van der Waals surface area (Å²) in [4.78, 5) is 25.0. The molecule has 1 aromatic heterocycles. The quantitative estimate of drug-likeness (QED) is 0.560. The summed E-state index contributed by atoms with van der Waals surface area (Å²) in [5.41, 5.74) is 1.01. The lowest BCUT2D eigenvalue weighted by atomic mass is 10.2. The minimum absolute atomic E-state index is 0.0152. The molecule has 142 valence electrons. The van der Waals surface area contributed by atoms with Gasteiger partial charge in [0.05, 0.1) is 10.7 Å². The maximum absolute atomic E-state index is 13.6. The molecule has 7 heteroatoms. The van der Waals surface area contributed by atoms with E-state index in [-0.39, 0.29) is 12.2 Å². The molecule has 0 saturated heterocycles. The minimum atomic E-state index is -0.524. The molecule has 0 fully saturated rings. The molecule has 1 heterocycles. The number of benzene rings is 2. The normalized spacial score (nSPS) is 11.1. The van der Waals surface area contributed by atoms with Crippen molar-refractivity contribution in [1.82, 2.24) is 10.6 Å². The molecule has 28 heavy (non-hydrogen) atoms. The van der Waals surface area contributed by atoms with Gasteiger partial charge in [-0.1, -0.05) is 24.3 Å². The molecule has 0 aliphatic heterocycles. The van der Waals surface area contributed by atoms with Gasteiger partial charge in [-0.2, -0.15) is 0 Å². The molecule has 0 spiro atoms. The molecular formula is C21H16BrFN2O3. The Labute approximate surface area is 169 Å². The second-order valence-corrected chi connectivity index (χ2v) is 6.68. The van der Waals surface area contributed by atoms with Crippen molar-refractivity contribution < 1.29 is 18.4 Å². The molecule has 0 radical (unpaired) electrons. The van der Waals surface area contributed by atoms with Gasteiger partial charge in [-0.05, 0) is 57.9 Å². The Morgan fingerprint density at radius 3 is 2.54 bits per heavy atom. The van der Waals surface area contributed by atoms with Crippen molar-refractivity contribution in [1.29, 1.82) is 0 Å². The van der Waals surface area contributed by atoms with E-state index in [1.807, 2.05) is 0 Å². The number of carbonyl (C=O) groups excluding carboxylic acids is 2. The number of carbonyl (C=O) groups is 2. The highest BCUT2D eigenvalue weighted by atomic mass is 79.9. The van der Waals surface area contributed by atoms with Gasteiger partial charge in [0.15, 0.2) is 0 Å². The van der Waals surface area contributed by atoms with Crippen molar-refractivity contribution in [3.8, 4) is 0 Å². The zero-order valence-corrected chi connectivity index (χ0v) is 16.2. The van der Waals surface area contributed by atoms with Gasteiger partial charge in [0.2, 0.25) is 0 Å². The maximum Gasteiger partial charge on any atom is 0.268 e. The summed E-state index contributed by atoms with van der Waals surface area (Å²) in [5, 5.41) is 5.27. The van der Waals surface area contributed by atoms with Gasteiger partial charge in [0.1, 0.15) is 17.3 Å². The van der Waals surface area contributed by atoms with Gasteiger partial charge in [-0.15, -0.1) is 0 Å². The van der Waals surface area contributed by atoms with E-state index in [1.54, 1.807) is 54.6 Å². The fourth-order valence-corrected chi connectivity index (χ4v) is 2.63. The molecule has 0 saturated carbocycles. The summed E-state index contributed by atoms with van der Waals surface area (Å²) in [7, 11) is 0. The first-order valence-electron chi connectivity index (χ1n) is 8.36. The van der Waals surface area contributed by atoms with Crippen LogP contribution in [0.2, 0.25) is 0 Å². The third-order valence-electron chi connectivity index (χ3n) is 3.80. The molecule has 3 rings (SSSR count). The van der Waals surface area contributed by atoms with Gasteiger partial charge >= 0.3 is 0 Å². The molecule has 2 amide bonds. The first-order valence-corrected chi connectivity index (χ1v) is 9.16. The third-order valence-corrected chi connectivity index (χ3v) is 4.44. The maximum atomic E-state index is 13.6. The Morgan fingerprint density at radius 1 is 1.07 bits per heavy atom. The molecule has 5 nitrogen and oxygen atoms in total. The Bertz CT molecular complexity index is 1000. The van der Waals surface area contributed by atoms with E-state index in [2.05, 4.69) is 26.6 Å². The van der Waals surface area contributed by atoms with Crippen molar-refractivity contribution in [3.63, 3.8) is 0 Å². The number of amides is 2. The second kappa shape index (κ2) is 9.14. The van der Waals surface area contributed by atoms with E-state index in [0.717, 1.165) is 0 Å². The highest BCUT2D eigenvalue weighted by Gasteiger charge is 2.15. The second-order valence-electron chi connectivity index (χ2n) is 5.82. The van der Waals surface area contributed by atoms with E-state index in [0.29, 0.717) is 21.4 Å². The van der Waals surface area contributed by atoms with Crippen molar-refractivity contribution in [3.05, 3.63) is 99.8 Å². The number of rotatable bonds is 6. The highest BCUT2D eigenvalue weighted by Crippen LogP contribution is 2.16. The fraction of sp³-hybridized carbons (Fsp3) is 0.0476. The van der Waals surface area contributed by atoms with Crippen molar-refractivity contribution in [2.24, 2.45) is 0 Å². The number of hydrogen-bond acceptors (Lipinski definition) is 3. The summed E-state index contributed by atoms with van der Waals surface area (Å²) in [6, 6.07) is 16.4. The van der Waals surface area contributed by atoms with Crippen molar-refractivity contribution in [2.45, 2.75) is 6.54 Å². The predicted octanol–water partition coefficient (Wildman–Crippen LogP) is 4.27. The molecule has 0 atom stereocenters. The first-order chi connectivity index (χ1) is 13.5. The van der Waals surface area contributed by atoms with E-state index in [9.17, 15) is 14.0 Å². The first kappa shape index (κ1) is 19.6. The fourth-order valence-electron chi connectivity index (χ4n) is 2.39. The topological polar surface area (TPSA) is 71.3 Å². The average Bonchev–Trinajstić information content (AvgIpc) is 3.22.